The predicted molar refractivity (Wildman–Crippen MR) is 114 cm³/mol. The van der Waals surface area contributed by atoms with Crippen LogP contribution in [0.3, 0.4) is 0 Å². The van der Waals surface area contributed by atoms with Gasteiger partial charge in [-0.15, -0.1) is 5.10 Å². The first kappa shape index (κ1) is 18.6. The summed E-state index contributed by atoms with van der Waals surface area (Å²) in [7, 11) is 0. The summed E-state index contributed by atoms with van der Waals surface area (Å²) in [5.41, 5.74) is 7.29. The molecule has 4 rings (SSSR count). The molecule has 1 aromatic heterocycles. The van der Waals surface area contributed by atoms with E-state index < -0.39 is 0 Å². The van der Waals surface area contributed by atoms with Crippen molar-refractivity contribution in [3.63, 3.8) is 0 Å². The zero-order chi connectivity index (χ0) is 20.1. The second-order valence-corrected chi connectivity index (χ2v) is 6.78. The maximum Gasteiger partial charge on any atom is 0.261 e. The van der Waals surface area contributed by atoms with Gasteiger partial charge in [0.05, 0.1) is 5.52 Å². The number of carbonyl (C=O) groups is 1. The molecule has 0 fully saturated rings. The minimum absolute atomic E-state index is 0.0371. The topological polar surface area (TPSA) is 72.2 Å². The molecule has 0 unspecified atom stereocenters. The van der Waals surface area contributed by atoms with Gasteiger partial charge < -0.3 is 0 Å². The summed E-state index contributed by atoms with van der Waals surface area (Å²) >= 11 is 0. The minimum Gasteiger partial charge on any atom is -0.271 e. The average Bonchev–Trinajstić information content (AvgIpc) is 3.17. The molecule has 6 nitrogen and oxygen atoms in total. The van der Waals surface area contributed by atoms with Crippen LogP contribution in [0.4, 0.5) is 0 Å². The molecule has 1 amide bonds. The van der Waals surface area contributed by atoms with Crippen molar-refractivity contribution in [1.82, 2.24) is 20.4 Å². The monoisotopic (exact) mass is 383 g/mol. The maximum absolute atomic E-state index is 12.4. The Bertz CT molecular complexity index is 1100. The van der Waals surface area contributed by atoms with E-state index in [2.05, 4.69) is 45.1 Å². The van der Waals surface area contributed by atoms with Crippen LogP contribution < -0.4 is 5.43 Å². The summed E-state index contributed by atoms with van der Waals surface area (Å²) in [4.78, 5) is 12.4. The summed E-state index contributed by atoms with van der Waals surface area (Å²) in [5, 5.41) is 12.5. The molecule has 6 heteroatoms. The van der Waals surface area contributed by atoms with Crippen LogP contribution in [0.25, 0.3) is 11.0 Å². The lowest BCUT2D eigenvalue weighted by atomic mass is 9.88. The molecule has 3 aromatic carbocycles. The number of hydrogen-bond acceptors (Lipinski definition) is 4. The van der Waals surface area contributed by atoms with Crippen molar-refractivity contribution in [3.05, 3.63) is 96.1 Å². The van der Waals surface area contributed by atoms with Crippen LogP contribution in [0.1, 0.15) is 24.0 Å². The van der Waals surface area contributed by atoms with Gasteiger partial charge >= 0.3 is 0 Å². The van der Waals surface area contributed by atoms with Gasteiger partial charge in [-0.05, 0) is 30.2 Å². The normalized spacial score (nSPS) is 11.7. The minimum atomic E-state index is -0.250. The molecule has 1 heterocycles. The molecule has 0 spiro atoms. The summed E-state index contributed by atoms with van der Waals surface area (Å²) in [6, 6.07) is 27.8. The number of nitrogens with zero attached hydrogens (tertiary/aromatic N) is 4. The molecular weight excluding hydrogens is 362 g/mol. The van der Waals surface area contributed by atoms with Gasteiger partial charge in [0.1, 0.15) is 12.1 Å². The second-order valence-electron chi connectivity index (χ2n) is 6.78. The van der Waals surface area contributed by atoms with E-state index in [0.717, 1.165) is 27.9 Å². The Balaban J connectivity index is 1.53. The van der Waals surface area contributed by atoms with E-state index >= 15 is 0 Å². The van der Waals surface area contributed by atoms with E-state index in [1.54, 1.807) is 4.68 Å². The summed E-state index contributed by atoms with van der Waals surface area (Å²) in [6.07, 6.45) is 0. The number of amides is 1. The number of hydrazone groups is 1. The SMILES string of the molecule is C/C(=N/NC(=O)Cn1nnc2ccccc21)C(c1ccccc1)c1ccccc1. The lowest BCUT2D eigenvalue weighted by molar-refractivity contribution is -0.121. The fourth-order valence-corrected chi connectivity index (χ4v) is 3.39. The molecule has 4 aromatic rings. The van der Waals surface area contributed by atoms with Crippen molar-refractivity contribution in [2.75, 3.05) is 0 Å². The van der Waals surface area contributed by atoms with E-state index in [-0.39, 0.29) is 18.4 Å². The Morgan fingerprint density at radius 3 is 2.17 bits per heavy atom. The van der Waals surface area contributed by atoms with Gasteiger partial charge in [-0.2, -0.15) is 5.10 Å². The van der Waals surface area contributed by atoms with Gasteiger partial charge in [-0.1, -0.05) is 78.0 Å². The quantitative estimate of drug-likeness (QED) is 0.407. The van der Waals surface area contributed by atoms with E-state index in [1.807, 2.05) is 67.6 Å². The predicted octanol–water partition coefficient (Wildman–Crippen LogP) is 3.76. The first-order chi connectivity index (χ1) is 14.2. The molecule has 29 heavy (non-hydrogen) atoms. The number of para-hydroxylation sites is 1. The molecule has 0 saturated carbocycles. The van der Waals surface area contributed by atoms with Crippen molar-refractivity contribution in [3.8, 4) is 0 Å². The van der Waals surface area contributed by atoms with Crippen LogP contribution in [0.2, 0.25) is 0 Å². The van der Waals surface area contributed by atoms with E-state index in [0.29, 0.717) is 0 Å². The summed E-state index contributed by atoms with van der Waals surface area (Å²) in [5.74, 6) is -0.287. The number of benzene rings is 3. The van der Waals surface area contributed by atoms with Crippen LogP contribution in [0, 0.1) is 0 Å². The van der Waals surface area contributed by atoms with Gasteiger partial charge in [-0.3, -0.25) is 4.79 Å². The lowest BCUT2D eigenvalue weighted by Crippen LogP contribution is -2.26. The average molecular weight is 383 g/mol. The molecule has 0 aliphatic carbocycles. The lowest BCUT2D eigenvalue weighted by Gasteiger charge is -2.18. The fraction of sp³-hybridized carbons (Fsp3) is 0.130. The van der Waals surface area contributed by atoms with Crippen LogP contribution >= 0.6 is 0 Å². The number of nitrogens with one attached hydrogen (secondary N) is 1. The third-order valence-electron chi connectivity index (χ3n) is 4.75. The highest BCUT2D eigenvalue weighted by Gasteiger charge is 2.18. The molecule has 0 radical (unpaired) electrons. The van der Waals surface area contributed by atoms with Crippen LogP contribution in [-0.2, 0) is 11.3 Å². The second kappa shape index (κ2) is 8.48. The number of hydrogen-bond donors (Lipinski definition) is 1. The zero-order valence-corrected chi connectivity index (χ0v) is 16.1. The molecule has 0 bridgehead atoms. The van der Waals surface area contributed by atoms with Crippen molar-refractivity contribution in [1.29, 1.82) is 0 Å². The van der Waals surface area contributed by atoms with Crippen molar-refractivity contribution in [2.45, 2.75) is 19.4 Å². The number of aromatic nitrogens is 3. The van der Waals surface area contributed by atoms with Crippen LogP contribution in [-0.4, -0.2) is 26.6 Å². The highest BCUT2D eigenvalue weighted by molar-refractivity contribution is 5.93. The first-order valence-electron chi connectivity index (χ1n) is 9.43. The largest absolute Gasteiger partial charge is 0.271 e. The molecule has 0 aliphatic heterocycles. The number of carbonyl (C=O) groups excluding carboxylic acids is 1. The molecule has 0 aliphatic rings. The molecule has 144 valence electrons. The smallest absolute Gasteiger partial charge is 0.261 e. The van der Waals surface area contributed by atoms with Gasteiger partial charge in [-0.25, -0.2) is 10.1 Å². The molecular formula is C23H21N5O. The number of fused-ring (bicyclic) bond motifs is 1. The standard InChI is InChI=1S/C23H21N5O/c1-17(23(18-10-4-2-5-11-18)19-12-6-3-7-13-19)24-26-22(29)16-28-21-15-9-8-14-20(21)25-27-28/h2-15,23H,16H2,1H3,(H,26,29)/b24-17-. The summed E-state index contributed by atoms with van der Waals surface area (Å²) in [6.45, 7) is 1.98. The van der Waals surface area contributed by atoms with Gasteiger partial charge in [0, 0.05) is 11.6 Å². The Labute approximate surface area is 168 Å². The Kier molecular flexibility index (Phi) is 5.42. The van der Waals surface area contributed by atoms with Crippen molar-refractivity contribution < 1.29 is 4.79 Å². The zero-order valence-electron chi connectivity index (χ0n) is 16.1. The Morgan fingerprint density at radius 2 is 1.52 bits per heavy atom. The van der Waals surface area contributed by atoms with E-state index in [1.165, 1.54) is 0 Å². The molecule has 1 N–H and O–H groups in total. The highest BCUT2D eigenvalue weighted by atomic mass is 16.2. The van der Waals surface area contributed by atoms with Crippen molar-refractivity contribution >= 4 is 22.7 Å². The Morgan fingerprint density at radius 1 is 0.931 bits per heavy atom. The Hall–Kier alpha value is -3.80. The molecule has 0 saturated heterocycles. The third kappa shape index (κ3) is 4.21. The van der Waals surface area contributed by atoms with Crippen molar-refractivity contribution in [2.24, 2.45) is 5.10 Å². The maximum atomic E-state index is 12.4. The van der Waals surface area contributed by atoms with Gasteiger partial charge in [0.25, 0.3) is 5.91 Å². The first-order valence-corrected chi connectivity index (χ1v) is 9.43. The van der Waals surface area contributed by atoms with Gasteiger partial charge in [0.15, 0.2) is 0 Å². The number of rotatable bonds is 6. The fourth-order valence-electron chi connectivity index (χ4n) is 3.39. The van der Waals surface area contributed by atoms with Gasteiger partial charge in [0.2, 0.25) is 0 Å². The van der Waals surface area contributed by atoms with E-state index in [9.17, 15) is 4.79 Å². The van der Waals surface area contributed by atoms with Crippen LogP contribution in [0.15, 0.2) is 90.0 Å². The molecule has 0 atom stereocenters. The highest BCUT2D eigenvalue weighted by Crippen LogP contribution is 2.26. The van der Waals surface area contributed by atoms with Crippen LogP contribution in [0.5, 0.6) is 0 Å². The summed E-state index contributed by atoms with van der Waals surface area (Å²) < 4.78 is 1.57. The third-order valence-corrected chi connectivity index (χ3v) is 4.75. The van der Waals surface area contributed by atoms with E-state index in [4.69, 9.17) is 0 Å².